The summed E-state index contributed by atoms with van der Waals surface area (Å²) in [5.41, 5.74) is 7.54. The van der Waals surface area contributed by atoms with Crippen LogP contribution in [0, 0.1) is 0 Å². The largest absolute Gasteiger partial charge is 0.481 e. The molecule has 0 saturated carbocycles. The lowest BCUT2D eigenvalue weighted by Gasteiger charge is -2.17. The van der Waals surface area contributed by atoms with Crippen molar-refractivity contribution in [2.24, 2.45) is 5.73 Å². The van der Waals surface area contributed by atoms with E-state index in [1.807, 2.05) is 42.5 Å². The van der Waals surface area contributed by atoms with Crippen molar-refractivity contribution in [3.05, 3.63) is 59.1 Å². The third-order valence-corrected chi connectivity index (χ3v) is 4.17. The lowest BCUT2D eigenvalue weighted by Crippen LogP contribution is -2.42. The first-order valence-corrected chi connectivity index (χ1v) is 8.81. The number of Topliss-reactive ketones (excluding diaryl/α,β-unsaturated/α-hetero) is 1. The Balaban J connectivity index is 2.09. The fraction of sp³-hybridized carbons (Fsp3) is 0.200. The number of nitrogens with two attached hydrogens (primary N) is 1. The van der Waals surface area contributed by atoms with Crippen LogP contribution in [0.5, 0.6) is 0 Å². The van der Waals surface area contributed by atoms with Crippen LogP contribution in [0.2, 0.25) is 5.02 Å². The third kappa shape index (κ3) is 6.51. The first-order valence-electron chi connectivity index (χ1n) is 8.43. The van der Waals surface area contributed by atoms with Gasteiger partial charge in [0.05, 0.1) is 12.8 Å². The zero-order valence-corrected chi connectivity index (χ0v) is 15.6. The molecule has 0 saturated heterocycles. The monoisotopic (exact) mass is 402 g/mol. The molecule has 1 atom stereocenters. The Kier molecular flexibility index (Phi) is 7.28. The molecule has 8 heteroatoms. The zero-order valence-electron chi connectivity index (χ0n) is 14.9. The maximum Gasteiger partial charge on any atom is 0.305 e. The number of halogens is 1. The molecule has 28 heavy (non-hydrogen) atoms. The standard InChI is InChI=1S/C20H19ClN2O5/c21-15-3-1-2-14(9-15)13-6-4-12(5-7-13)8-16(10-19(26)27)23-20(28)17(24)11-18(22)25/h1-7,9,16H,8,10-11H2,(H2,22,25)(H,23,28)(H,26,27)/t16-/m1/s1. The second kappa shape index (κ2) is 9.66. The molecule has 2 aromatic carbocycles. The summed E-state index contributed by atoms with van der Waals surface area (Å²) in [7, 11) is 0. The van der Waals surface area contributed by atoms with Crippen molar-refractivity contribution in [1.82, 2.24) is 5.32 Å². The van der Waals surface area contributed by atoms with E-state index in [0.29, 0.717) is 5.02 Å². The normalized spacial score (nSPS) is 11.5. The second-order valence-corrected chi connectivity index (χ2v) is 6.68. The number of rotatable bonds is 9. The van der Waals surface area contributed by atoms with E-state index >= 15 is 0 Å². The minimum atomic E-state index is -1.12. The highest BCUT2D eigenvalue weighted by molar-refractivity contribution is 6.39. The number of amides is 2. The number of primary amides is 1. The molecule has 0 aliphatic rings. The Morgan fingerprint density at radius 2 is 1.71 bits per heavy atom. The number of carbonyl (C=O) groups is 4. The van der Waals surface area contributed by atoms with Gasteiger partial charge in [-0.25, -0.2) is 0 Å². The van der Waals surface area contributed by atoms with E-state index in [9.17, 15) is 19.2 Å². The first kappa shape index (κ1) is 21.1. The molecule has 4 N–H and O–H groups in total. The van der Waals surface area contributed by atoms with Gasteiger partial charge in [0, 0.05) is 11.1 Å². The molecule has 0 radical (unpaired) electrons. The highest BCUT2D eigenvalue weighted by atomic mass is 35.5. The molecule has 146 valence electrons. The smallest absolute Gasteiger partial charge is 0.305 e. The molecule has 0 unspecified atom stereocenters. The molecule has 2 amide bonds. The molecule has 0 aliphatic carbocycles. The van der Waals surface area contributed by atoms with E-state index in [1.165, 1.54) is 0 Å². The molecule has 0 fully saturated rings. The lowest BCUT2D eigenvalue weighted by molar-refractivity contribution is -0.141. The van der Waals surface area contributed by atoms with E-state index in [4.69, 9.17) is 22.4 Å². The van der Waals surface area contributed by atoms with Gasteiger partial charge in [-0.15, -0.1) is 0 Å². The van der Waals surface area contributed by atoms with Gasteiger partial charge in [0.25, 0.3) is 5.91 Å². The third-order valence-electron chi connectivity index (χ3n) is 3.94. The van der Waals surface area contributed by atoms with Gasteiger partial charge in [-0.2, -0.15) is 0 Å². The molecule has 0 bridgehead atoms. The lowest BCUT2D eigenvalue weighted by atomic mass is 9.99. The summed E-state index contributed by atoms with van der Waals surface area (Å²) in [5, 5.41) is 12.0. The average Bonchev–Trinajstić information content (AvgIpc) is 2.61. The Morgan fingerprint density at radius 3 is 2.29 bits per heavy atom. The molecular formula is C20H19ClN2O5. The van der Waals surface area contributed by atoms with Crippen LogP contribution >= 0.6 is 11.6 Å². The summed E-state index contributed by atoms with van der Waals surface area (Å²) in [6.07, 6.45) is -0.886. The van der Waals surface area contributed by atoms with Crippen LogP contribution in [0.1, 0.15) is 18.4 Å². The van der Waals surface area contributed by atoms with Crippen molar-refractivity contribution in [1.29, 1.82) is 0 Å². The number of carboxylic acids is 1. The summed E-state index contributed by atoms with van der Waals surface area (Å²) in [5.74, 6) is -4.07. The maximum absolute atomic E-state index is 11.9. The molecular weight excluding hydrogens is 384 g/mol. The van der Waals surface area contributed by atoms with E-state index < -0.39 is 36.0 Å². The Morgan fingerprint density at radius 1 is 1.04 bits per heavy atom. The zero-order chi connectivity index (χ0) is 20.7. The molecule has 0 spiro atoms. The van der Waals surface area contributed by atoms with Gasteiger partial charge in [-0.1, -0.05) is 48.0 Å². The van der Waals surface area contributed by atoms with E-state index in [0.717, 1.165) is 16.7 Å². The van der Waals surface area contributed by atoms with Crippen molar-refractivity contribution in [2.45, 2.75) is 25.3 Å². The van der Waals surface area contributed by atoms with Crippen LogP contribution < -0.4 is 11.1 Å². The summed E-state index contributed by atoms with van der Waals surface area (Å²) >= 11 is 6.00. The van der Waals surface area contributed by atoms with E-state index in [2.05, 4.69) is 5.32 Å². The number of hydrogen-bond acceptors (Lipinski definition) is 4. The first-order chi connectivity index (χ1) is 13.2. The summed E-state index contributed by atoms with van der Waals surface area (Å²) in [6.45, 7) is 0. The van der Waals surface area contributed by atoms with Crippen LogP contribution in [-0.4, -0.2) is 34.7 Å². The minimum Gasteiger partial charge on any atom is -0.481 e. The number of aliphatic carboxylic acids is 1. The predicted molar refractivity (Wildman–Crippen MR) is 104 cm³/mol. The molecule has 2 aromatic rings. The van der Waals surface area contributed by atoms with Crippen molar-refractivity contribution in [2.75, 3.05) is 0 Å². The van der Waals surface area contributed by atoms with Crippen molar-refractivity contribution >= 4 is 35.2 Å². The molecule has 0 aromatic heterocycles. The van der Waals surface area contributed by atoms with E-state index in [1.54, 1.807) is 6.07 Å². The van der Waals surface area contributed by atoms with Crippen molar-refractivity contribution in [3.8, 4) is 11.1 Å². The van der Waals surface area contributed by atoms with Gasteiger partial charge >= 0.3 is 5.97 Å². The van der Waals surface area contributed by atoms with Crippen LogP contribution in [0.4, 0.5) is 0 Å². The quantitative estimate of drug-likeness (QED) is 0.436. The molecule has 0 aliphatic heterocycles. The number of carboxylic acid groups (broad SMARTS) is 1. The van der Waals surface area contributed by atoms with Crippen molar-refractivity contribution in [3.63, 3.8) is 0 Å². The van der Waals surface area contributed by atoms with Gasteiger partial charge in [-0.05, 0) is 35.2 Å². The fourth-order valence-electron chi connectivity index (χ4n) is 2.68. The number of hydrogen-bond donors (Lipinski definition) is 3. The van der Waals surface area contributed by atoms with Crippen LogP contribution in [0.25, 0.3) is 11.1 Å². The van der Waals surface area contributed by atoms with Gasteiger partial charge in [0.15, 0.2) is 0 Å². The fourth-order valence-corrected chi connectivity index (χ4v) is 2.87. The highest BCUT2D eigenvalue weighted by Crippen LogP contribution is 2.23. The van der Waals surface area contributed by atoms with Crippen LogP contribution in [-0.2, 0) is 25.6 Å². The Hall–Kier alpha value is -3.19. The maximum atomic E-state index is 11.9. The number of benzene rings is 2. The molecule has 0 heterocycles. The number of nitrogens with one attached hydrogen (secondary N) is 1. The van der Waals surface area contributed by atoms with Gasteiger partial charge in [-0.3, -0.25) is 19.2 Å². The van der Waals surface area contributed by atoms with Crippen LogP contribution in [0.15, 0.2) is 48.5 Å². The summed E-state index contributed by atoms with van der Waals surface area (Å²) in [6, 6.07) is 13.9. The topological polar surface area (TPSA) is 127 Å². The Bertz CT molecular complexity index is 896. The number of carbonyl (C=O) groups excluding carboxylic acids is 3. The molecule has 2 rings (SSSR count). The average molecular weight is 403 g/mol. The summed E-state index contributed by atoms with van der Waals surface area (Å²) < 4.78 is 0. The Labute approximate surface area is 166 Å². The number of ketones is 1. The van der Waals surface area contributed by atoms with E-state index in [-0.39, 0.29) is 12.8 Å². The minimum absolute atomic E-state index is 0.206. The highest BCUT2D eigenvalue weighted by Gasteiger charge is 2.22. The molecule has 7 nitrogen and oxygen atoms in total. The van der Waals surface area contributed by atoms with Gasteiger partial charge < -0.3 is 16.2 Å². The predicted octanol–water partition coefficient (Wildman–Crippen LogP) is 1.95. The van der Waals surface area contributed by atoms with Crippen molar-refractivity contribution < 1.29 is 24.3 Å². The SMILES string of the molecule is NC(=O)CC(=O)C(=O)N[C@@H](CC(=O)O)Cc1ccc(-c2cccc(Cl)c2)cc1. The van der Waals surface area contributed by atoms with Gasteiger partial charge in [0.1, 0.15) is 0 Å². The summed E-state index contributed by atoms with van der Waals surface area (Å²) in [4.78, 5) is 45.3. The van der Waals surface area contributed by atoms with Crippen LogP contribution in [0.3, 0.4) is 0 Å². The van der Waals surface area contributed by atoms with Gasteiger partial charge in [0.2, 0.25) is 11.7 Å². The second-order valence-electron chi connectivity index (χ2n) is 6.25.